The maximum Gasteiger partial charge on any atom is 0.243 e. The summed E-state index contributed by atoms with van der Waals surface area (Å²) in [6.45, 7) is 0.285. The first-order chi connectivity index (χ1) is 24.3. The first-order valence-electron chi connectivity index (χ1n) is 17.0. The minimum Gasteiger partial charge on any atom is -0.370 e. The van der Waals surface area contributed by atoms with E-state index >= 15 is 0 Å². The molecular formula is C36H44N8O4S2. The van der Waals surface area contributed by atoms with E-state index in [0.29, 0.717) is 24.1 Å². The number of aromatic nitrogens is 2. The molecule has 0 unspecified atom stereocenters. The van der Waals surface area contributed by atoms with Crippen molar-refractivity contribution in [3.8, 4) is 0 Å². The minimum absolute atomic E-state index is 0.0532. The van der Waals surface area contributed by atoms with Crippen LogP contribution in [0.4, 0.5) is 0 Å². The number of guanidine groups is 1. The number of fused-ring (bicyclic) bond motifs is 1. The van der Waals surface area contributed by atoms with E-state index in [1.165, 1.54) is 22.7 Å². The number of hydrogen-bond donors (Lipinski definition) is 5. The van der Waals surface area contributed by atoms with Crippen molar-refractivity contribution in [2.24, 2.45) is 22.4 Å². The molecule has 264 valence electrons. The number of rotatable bonds is 17. The van der Waals surface area contributed by atoms with Gasteiger partial charge in [-0.1, -0.05) is 61.7 Å². The van der Waals surface area contributed by atoms with E-state index in [2.05, 4.69) is 30.9 Å². The zero-order chi connectivity index (χ0) is 35.3. The third-order valence-corrected chi connectivity index (χ3v) is 10.5. The highest BCUT2D eigenvalue weighted by Gasteiger charge is 2.36. The standard InChI is InChI=1S/C36H44N8O4S2/c37-36(38)39-19-9-15-27(32(46)35-43-26-14-7-8-16-29(26)50-35)42-34(48)31(24-12-5-2-6-13-24)44-33(47)28(20-25-21-49-22-40-25)41-30(45)18-17-23-10-3-1-4-11-23/h1,3-4,7-8,10-11,14,16,21-22,24,27-28,31H,2,5-6,9,12-13,15,17-20H2,(H,41,45)(H,42,48)(H,44,47)(H4,37,38,39)/t27-,28-,31-/m0/s1. The maximum absolute atomic E-state index is 14.2. The lowest BCUT2D eigenvalue weighted by molar-refractivity contribution is -0.133. The van der Waals surface area contributed by atoms with Crippen LogP contribution < -0.4 is 27.4 Å². The van der Waals surface area contributed by atoms with Crippen LogP contribution in [0.1, 0.15) is 72.4 Å². The fraction of sp³-hybridized carbons (Fsp3) is 0.417. The van der Waals surface area contributed by atoms with Crippen molar-refractivity contribution in [1.82, 2.24) is 25.9 Å². The molecule has 1 fully saturated rings. The van der Waals surface area contributed by atoms with E-state index in [-0.39, 0.29) is 54.4 Å². The monoisotopic (exact) mass is 716 g/mol. The number of nitrogens with one attached hydrogen (secondary N) is 3. The van der Waals surface area contributed by atoms with Crippen molar-refractivity contribution >= 4 is 62.4 Å². The van der Waals surface area contributed by atoms with Crippen molar-refractivity contribution in [1.29, 1.82) is 0 Å². The number of hydrogen-bond acceptors (Lipinski definition) is 9. The molecule has 3 atom stereocenters. The van der Waals surface area contributed by atoms with Crippen LogP contribution in [-0.4, -0.2) is 64.1 Å². The number of Topliss-reactive ketones (excluding diaryl/α,β-unsaturated/α-hetero) is 1. The van der Waals surface area contributed by atoms with Gasteiger partial charge in [-0.2, -0.15) is 0 Å². The maximum atomic E-state index is 14.2. The van der Waals surface area contributed by atoms with E-state index in [9.17, 15) is 19.2 Å². The number of para-hydroxylation sites is 1. The summed E-state index contributed by atoms with van der Waals surface area (Å²) in [7, 11) is 0. The lowest BCUT2D eigenvalue weighted by Gasteiger charge is -2.32. The number of benzene rings is 2. The molecule has 0 saturated heterocycles. The second-order valence-corrected chi connectivity index (χ2v) is 14.3. The first kappa shape index (κ1) is 36.6. The van der Waals surface area contributed by atoms with Crippen molar-refractivity contribution < 1.29 is 19.2 Å². The van der Waals surface area contributed by atoms with Gasteiger partial charge in [-0.3, -0.25) is 24.2 Å². The Morgan fingerprint density at radius 2 is 1.66 bits per heavy atom. The molecule has 5 rings (SSSR count). The van der Waals surface area contributed by atoms with Crippen LogP contribution in [0.2, 0.25) is 0 Å². The van der Waals surface area contributed by atoms with Crippen LogP contribution in [0.15, 0.2) is 70.5 Å². The Morgan fingerprint density at radius 1 is 0.900 bits per heavy atom. The average molecular weight is 717 g/mol. The predicted octanol–water partition coefficient (Wildman–Crippen LogP) is 3.90. The highest BCUT2D eigenvalue weighted by Crippen LogP contribution is 2.28. The van der Waals surface area contributed by atoms with Gasteiger partial charge in [0.2, 0.25) is 23.5 Å². The van der Waals surface area contributed by atoms with Crippen LogP contribution in [0.5, 0.6) is 0 Å². The SMILES string of the molecule is NC(N)=NCCC[C@H](NC(=O)[C@@H](NC(=O)[C@H](Cc1cscn1)NC(=O)CCc1ccccc1)C1CCCCC1)C(=O)c1nc2ccccc2s1. The molecule has 4 aromatic rings. The van der Waals surface area contributed by atoms with Crippen LogP contribution in [-0.2, 0) is 27.2 Å². The first-order valence-corrected chi connectivity index (χ1v) is 18.8. The fourth-order valence-corrected chi connectivity index (χ4v) is 7.74. The Hall–Kier alpha value is -4.69. The number of aryl methyl sites for hydroxylation is 1. The second kappa shape index (κ2) is 18.3. The van der Waals surface area contributed by atoms with Gasteiger partial charge in [0, 0.05) is 24.8 Å². The van der Waals surface area contributed by atoms with Gasteiger partial charge in [-0.25, -0.2) is 9.97 Å². The molecule has 0 bridgehead atoms. The van der Waals surface area contributed by atoms with E-state index in [0.717, 1.165) is 42.4 Å². The summed E-state index contributed by atoms with van der Waals surface area (Å²) in [5.41, 5.74) is 15.1. The number of amides is 3. The van der Waals surface area contributed by atoms with Crippen LogP contribution in [0.3, 0.4) is 0 Å². The summed E-state index contributed by atoms with van der Waals surface area (Å²) in [5, 5.41) is 11.0. The summed E-state index contributed by atoms with van der Waals surface area (Å²) in [6, 6.07) is 14.4. The molecule has 1 saturated carbocycles. The molecule has 14 heteroatoms. The molecule has 2 heterocycles. The van der Waals surface area contributed by atoms with Gasteiger partial charge in [-0.15, -0.1) is 22.7 Å². The molecular weight excluding hydrogens is 673 g/mol. The number of thiazole rings is 2. The van der Waals surface area contributed by atoms with Gasteiger partial charge in [-0.05, 0) is 55.7 Å². The topological polar surface area (TPSA) is 195 Å². The zero-order valence-corrected chi connectivity index (χ0v) is 29.5. The van der Waals surface area contributed by atoms with Gasteiger partial charge < -0.3 is 27.4 Å². The molecule has 1 aliphatic carbocycles. The van der Waals surface area contributed by atoms with Crippen molar-refractivity contribution in [2.75, 3.05) is 6.54 Å². The molecule has 50 heavy (non-hydrogen) atoms. The number of carbonyl (C=O) groups excluding carboxylic acids is 4. The Morgan fingerprint density at radius 3 is 2.38 bits per heavy atom. The molecule has 0 spiro atoms. The Bertz CT molecular complexity index is 1720. The smallest absolute Gasteiger partial charge is 0.243 e. The van der Waals surface area contributed by atoms with E-state index in [1.54, 1.807) is 5.51 Å². The molecule has 2 aromatic carbocycles. The number of aliphatic imine (C=N–C) groups is 1. The molecule has 0 radical (unpaired) electrons. The molecule has 3 amide bonds. The quantitative estimate of drug-likeness (QED) is 0.0470. The summed E-state index contributed by atoms with van der Waals surface area (Å²) >= 11 is 2.67. The van der Waals surface area contributed by atoms with Crippen molar-refractivity contribution in [3.05, 3.63) is 81.8 Å². The summed E-state index contributed by atoms with van der Waals surface area (Å²) in [4.78, 5) is 68.1. The predicted molar refractivity (Wildman–Crippen MR) is 197 cm³/mol. The average Bonchev–Trinajstić information content (AvgIpc) is 3.81. The lowest BCUT2D eigenvalue weighted by Crippen LogP contribution is -2.58. The molecule has 12 nitrogen and oxygen atoms in total. The van der Waals surface area contributed by atoms with Crippen molar-refractivity contribution in [2.45, 2.75) is 82.3 Å². The van der Waals surface area contributed by atoms with Gasteiger partial charge in [0.05, 0.1) is 27.5 Å². The van der Waals surface area contributed by atoms with Gasteiger partial charge in [0.25, 0.3) is 0 Å². The number of carbonyl (C=O) groups is 4. The fourth-order valence-electron chi connectivity index (χ4n) is 6.21. The highest BCUT2D eigenvalue weighted by atomic mass is 32.1. The van der Waals surface area contributed by atoms with E-state index in [4.69, 9.17) is 11.5 Å². The molecule has 7 N–H and O–H groups in total. The minimum atomic E-state index is -0.945. The summed E-state index contributed by atoms with van der Waals surface area (Å²) in [5.74, 6) is -1.70. The molecule has 0 aliphatic heterocycles. The normalized spacial score (nSPS) is 15.0. The lowest BCUT2D eigenvalue weighted by atomic mass is 9.83. The van der Waals surface area contributed by atoms with Gasteiger partial charge in [0.1, 0.15) is 12.1 Å². The van der Waals surface area contributed by atoms with E-state index in [1.807, 2.05) is 60.0 Å². The van der Waals surface area contributed by atoms with Crippen LogP contribution in [0, 0.1) is 5.92 Å². The Kier molecular flexibility index (Phi) is 13.4. The van der Waals surface area contributed by atoms with Crippen LogP contribution in [0.25, 0.3) is 10.2 Å². The zero-order valence-electron chi connectivity index (χ0n) is 27.9. The second-order valence-electron chi connectivity index (χ2n) is 12.5. The van der Waals surface area contributed by atoms with Gasteiger partial charge in [0.15, 0.2) is 11.0 Å². The summed E-state index contributed by atoms with van der Waals surface area (Å²) in [6.07, 6.45) is 6.01. The molecule has 1 aliphatic rings. The Balaban J connectivity index is 1.34. The number of nitrogens with two attached hydrogens (primary N) is 2. The largest absolute Gasteiger partial charge is 0.370 e. The Labute approximate surface area is 299 Å². The van der Waals surface area contributed by atoms with Gasteiger partial charge >= 0.3 is 0 Å². The number of nitrogens with zero attached hydrogens (tertiary/aromatic N) is 3. The highest BCUT2D eigenvalue weighted by molar-refractivity contribution is 7.20. The van der Waals surface area contributed by atoms with Crippen molar-refractivity contribution in [3.63, 3.8) is 0 Å². The molecule has 2 aromatic heterocycles. The summed E-state index contributed by atoms with van der Waals surface area (Å²) < 4.78 is 0.866. The van der Waals surface area contributed by atoms with Crippen LogP contribution >= 0.6 is 22.7 Å². The number of ketones is 1. The van der Waals surface area contributed by atoms with E-state index < -0.39 is 29.9 Å². The third-order valence-electron chi connectivity index (χ3n) is 8.82. The third kappa shape index (κ3) is 10.7.